The van der Waals surface area contributed by atoms with Crippen LogP contribution in [0.1, 0.15) is 32.3 Å². The summed E-state index contributed by atoms with van der Waals surface area (Å²) >= 11 is 0. The second kappa shape index (κ2) is 6.00. The molecular formula is C16H21F2NO2. The third kappa shape index (κ3) is 3.93. The van der Waals surface area contributed by atoms with Crippen LogP contribution in [-0.2, 0) is 4.74 Å². The lowest BCUT2D eigenvalue weighted by Crippen LogP contribution is -2.35. The molecule has 0 saturated carbocycles. The van der Waals surface area contributed by atoms with E-state index < -0.39 is 24.0 Å². The lowest BCUT2D eigenvalue weighted by Gasteiger charge is -2.24. The third-order valence-corrected chi connectivity index (χ3v) is 3.57. The van der Waals surface area contributed by atoms with Gasteiger partial charge in [0.05, 0.1) is 0 Å². The zero-order valence-corrected chi connectivity index (χ0v) is 12.6. The third-order valence-electron chi connectivity index (χ3n) is 3.57. The summed E-state index contributed by atoms with van der Waals surface area (Å²) in [5.41, 5.74) is 0.219. The minimum atomic E-state index is -2.46. The Labute approximate surface area is 123 Å². The first-order chi connectivity index (χ1) is 9.78. The van der Waals surface area contributed by atoms with Crippen LogP contribution in [0.25, 0.3) is 0 Å². The zero-order chi connectivity index (χ0) is 15.6. The summed E-state index contributed by atoms with van der Waals surface area (Å²) in [5.74, 6) is -1.20. The van der Waals surface area contributed by atoms with Crippen molar-refractivity contribution < 1.29 is 18.3 Å². The van der Waals surface area contributed by atoms with Gasteiger partial charge in [0.1, 0.15) is 5.60 Å². The van der Waals surface area contributed by atoms with Gasteiger partial charge < -0.3 is 9.64 Å². The minimum Gasteiger partial charge on any atom is -0.444 e. The predicted octanol–water partition coefficient (Wildman–Crippen LogP) is 3.90. The van der Waals surface area contributed by atoms with E-state index in [-0.39, 0.29) is 19.0 Å². The molecule has 0 unspecified atom stereocenters. The highest BCUT2D eigenvalue weighted by Gasteiger charge is 2.42. The molecule has 21 heavy (non-hydrogen) atoms. The lowest BCUT2D eigenvalue weighted by molar-refractivity contribution is 0.0254. The Bertz CT molecular complexity index is 485. The van der Waals surface area contributed by atoms with E-state index in [4.69, 9.17) is 4.74 Å². The largest absolute Gasteiger partial charge is 0.444 e. The van der Waals surface area contributed by atoms with E-state index in [1.807, 2.05) is 30.3 Å². The fraction of sp³-hybridized carbons (Fsp3) is 0.562. The highest BCUT2D eigenvalue weighted by molar-refractivity contribution is 5.68. The van der Waals surface area contributed by atoms with Crippen molar-refractivity contribution in [1.82, 2.24) is 4.90 Å². The fourth-order valence-electron chi connectivity index (χ4n) is 2.61. The lowest BCUT2D eigenvalue weighted by atomic mass is 9.89. The normalized spacial score (nSPS) is 22.7. The van der Waals surface area contributed by atoms with E-state index in [2.05, 4.69) is 0 Å². The van der Waals surface area contributed by atoms with Gasteiger partial charge in [-0.05, 0) is 26.3 Å². The van der Waals surface area contributed by atoms with E-state index in [0.717, 1.165) is 5.56 Å². The van der Waals surface area contributed by atoms with Crippen LogP contribution in [0.15, 0.2) is 30.3 Å². The predicted molar refractivity (Wildman–Crippen MR) is 76.5 cm³/mol. The van der Waals surface area contributed by atoms with Gasteiger partial charge in [0, 0.05) is 24.9 Å². The van der Waals surface area contributed by atoms with E-state index in [1.54, 1.807) is 20.8 Å². The maximum absolute atomic E-state index is 13.3. The number of likely N-dealkylation sites (tertiary alicyclic amines) is 1. The molecule has 0 N–H and O–H groups in total. The van der Waals surface area contributed by atoms with Gasteiger partial charge in [-0.3, -0.25) is 0 Å². The molecule has 1 aromatic carbocycles. The molecule has 2 rings (SSSR count). The maximum atomic E-state index is 13.3. The molecule has 1 aromatic rings. The van der Waals surface area contributed by atoms with E-state index in [9.17, 15) is 13.6 Å². The van der Waals surface area contributed by atoms with Crippen molar-refractivity contribution >= 4 is 6.09 Å². The molecule has 116 valence electrons. The molecule has 0 radical (unpaired) electrons. The molecular weight excluding hydrogens is 276 g/mol. The Morgan fingerprint density at radius 1 is 1.24 bits per heavy atom. The van der Waals surface area contributed by atoms with Gasteiger partial charge in [0.2, 0.25) is 6.43 Å². The van der Waals surface area contributed by atoms with Crippen molar-refractivity contribution in [2.75, 3.05) is 13.1 Å². The summed E-state index contributed by atoms with van der Waals surface area (Å²) in [4.78, 5) is 13.5. The van der Waals surface area contributed by atoms with Crippen LogP contribution < -0.4 is 0 Å². The number of benzene rings is 1. The summed E-state index contributed by atoms with van der Waals surface area (Å²) in [6.07, 6.45) is -2.98. The summed E-state index contributed by atoms with van der Waals surface area (Å²) in [7, 11) is 0. The molecule has 3 nitrogen and oxygen atoms in total. The number of hydrogen-bond donors (Lipinski definition) is 0. The van der Waals surface area contributed by atoms with Crippen LogP contribution >= 0.6 is 0 Å². The molecule has 1 amide bonds. The SMILES string of the molecule is CC(C)(C)OC(=O)N1C[C@H](c2ccccc2)[C@@H](C(F)F)C1. The fourth-order valence-corrected chi connectivity index (χ4v) is 2.61. The monoisotopic (exact) mass is 297 g/mol. The highest BCUT2D eigenvalue weighted by Crippen LogP contribution is 2.36. The number of nitrogens with zero attached hydrogens (tertiary/aromatic N) is 1. The van der Waals surface area contributed by atoms with Crippen LogP contribution in [0.4, 0.5) is 13.6 Å². The number of carbonyl (C=O) groups is 1. The molecule has 1 aliphatic heterocycles. The van der Waals surface area contributed by atoms with Crippen LogP contribution in [-0.4, -0.2) is 36.1 Å². The van der Waals surface area contributed by atoms with Crippen molar-refractivity contribution in [2.24, 2.45) is 5.92 Å². The molecule has 1 aliphatic rings. The molecule has 0 bridgehead atoms. The Balaban J connectivity index is 2.14. The van der Waals surface area contributed by atoms with E-state index in [0.29, 0.717) is 0 Å². The average molecular weight is 297 g/mol. The van der Waals surface area contributed by atoms with Gasteiger partial charge in [0.25, 0.3) is 0 Å². The molecule has 5 heteroatoms. The second-order valence-electron chi connectivity index (χ2n) is 6.40. The van der Waals surface area contributed by atoms with Crippen molar-refractivity contribution in [2.45, 2.75) is 38.7 Å². The second-order valence-corrected chi connectivity index (χ2v) is 6.40. The standard InChI is InChI=1S/C16H21F2NO2/c1-16(2,3)21-15(20)19-9-12(13(10-19)14(17)18)11-7-5-4-6-8-11/h4-8,12-14H,9-10H2,1-3H3/t12-,13+/m1/s1. The molecule has 1 fully saturated rings. The first kappa shape index (κ1) is 15.7. The zero-order valence-electron chi connectivity index (χ0n) is 12.6. The van der Waals surface area contributed by atoms with Crippen LogP contribution in [0.2, 0.25) is 0 Å². The van der Waals surface area contributed by atoms with Crippen LogP contribution in [0.5, 0.6) is 0 Å². The first-order valence-electron chi connectivity index (χ1n) is 7.09. The number of hydrogen-bond acceptors (Lipinski definition) is 2. The quantitative estimate of drug-likeness (QED) is 0.828. The summed E-state index contributed by atoms with van der Waals surface area (Å²) < 4.78 is 31.8. The van der Waals surface area contributed by atoms with Crippen molar-refractivity contribution in [3.8, 4) is 0 Å². The molecule has 0 aromatic heterocycles. The van der Waals surface area contributed by atoms with Gasteiger partial charge >= 0.3 is 6.09 Å². The highest BCUT2D eigenvalue weighted by atomic mass is 19.3. The average Bonchev–Trinajstić information content (AvgIpc) is 2.83. The molecule has 0 spiro atoms. The van der Waals surface area contributed by atoms with Crippen LogP contribution in [0.3, 0.4) is 0 Å². The van der Waals surface area contributed by atoms with Crippen molar-refractivity contribution in [3.05, 3.63) is 35.9 Å². The van der Waals surface area contributed by atoms with Gasteiger partial charge in [-0.15, -0.1) is 0 Å². The smallest absolute Gasteiger partial charge is 0.410 e. The van der Waals surface area contributed by atoms with Gasteiger partial charge in [-0.2, -0.15) is 0 Å². The topological polar surface area (TPSA) is 29.5 Å². The number of rotatable bonds is 2. The first-order valence-corrected chi connectivity index (χ1v) is 7.09. The molecule has 1 saturated heterocycles. The Morgan fingerprint density at radius 3 is 2.38 bits per heavy atom. The Hall–Kier alpha value is -1.65. The Morgan fingerprint density at radius 2 is 1.86 bits per heavy atom. The van der Waals surface area contributed by atoms with E-state index in [1.165, 1.54) is 4.90 Å². The van der Waals surface area contributed by atoms with E-state index >= 15 is 0 Å². The molecule has 0 aliphatic carbocycles. The molecule has 1 heterocycles. The Kier molecular flexibility index (Phi) is 4.49. The summed E-state index contributed by atoms with van der Waals surface area (Å²) in [6, 6.07) is 9.17. The van der Waals surface area contributed by atoms with Crippen molar-refractivity contribution in [1.29, 1.82) is 0 Å². The maximum Gasteiger partial charge on any atom is 0.410 e. The van der Waals surface area contributed by atoms with Gasteiger partial charge in [0.15, 0.2) is 0 Å². The van der Waals surface area contributed by atoms with Gasteiger partial charge in [-0.1, -0.05) is 30.3 Å². The number of ether oxygens (including phenoxy) is 1. The van der Waals surface area contributed by atoms with Crippen LogP contribution in [0, 0.1) is 5.92 Å². The van der Waals surface area contributed by atoms with Crippen molar-refractivity contribution in [3.63, 3.8) is 0 Å². The number of amides is 1. The summed E-state index contributed by atoms with van der Waals surface area (Å²) in [6.45, 7) is 5.60. The summed E-state index contributed by atoms with van der Waals surface area (Å²) in [5, 5.41) is 0. The number of alkyl halides is 2. The minimum absolute atomic E-state index is 0.0339. The number of halogens is 2. The molecule has 2 atom stereocenters. The number of carbonyl (C=O) groups excluding carboxylic acids is 1. The van der Waals surface area contributed by atoms with Gasteiger partial charge in [-0.25, -0.2) is 13.6 Å².